The molecule has 13 heavy (non-hydrogen) atoms. The molecule has 4 heteroatoms. The molecule has 0 bridgehead atoms. The Morgan fingerprint density at radius 1 is 1.46 bits per heavy atom. The molecular weight excluding hydrogens is 186 g/mol. The van der Waals surface area contributed by atoms with Crippen LogP contribution in [0.3, 0.4) is 0 Å². The molecule has 1 rings (SSSR count). The fraction of sp³-hybridized carbons (Fsp3) is 0.889. The van der Waals surface area contributed by atoms with Crippen LogP contribution in [0.15, 0.2) is 0 Å². The summed E-state index contributed by atoms with van der Waals surface area (Å²) >= 11 is 1.92. The second-order valence-corrected chi connectivity index (χ2v) is 4.74. The maximum atomic E-state index is 11.5. The SMILES string of the molecule is CC(C)ONC(=O)C1CCSCC1. The fourth-order valence-corrected chi connectivity index (χ4v) is 2.33. The summed E-state index contributed by atoms with van der Waals surface area (Å²) in [5.74, 6) is 2.41. The van der Waals surface area contributed by atoms with E-state index < -0.39 is 0 Å². The van der Waals surface area contributed by atoms with Crippen LogP contribution in [0.5, 0.6) is 0 Å². The Balaban J connectivity index is 2.21. The highest BCUT2D eigenvalue weighted by Crippen LogP contribution is 2.22. The van der Waals surface area contributed by atoms with Gasteiger partial charge in [-0.3, -0.25) is 9.63 Å². The molecule has 0 aromatic rings. The molecule has 1 amide bonds. The molecule has 1 aliphatic heterocycles. The van der Waals surface area contributed by atoms with E-state index in [0.717, 1.165) is 24.3 Å². The first kappa shape index (κ1) is 10.9. The molecular formula is C9H17NO2S. The van der Waals surface area contributed by atoms with E-state index in [0.29, 0.717) is 0 Å². The molecule has 1 fully saturated rings. The Morgan fingerprint density at radius 3 is 2.62 bits per heavy atom. The summed E-state index contributed by atoms with van der Waals surface area (Å²) in [4.78, 5) is 16.5. The van der Waals surface area contributed by atoms with Gasteiger partial charge in [0.05, 0.1) is 6.10 Å². The molecule has 1 heterocycles. The zero-order valence-corrected chi connectivity index (χ0v) is 9.02. The number of rotatable bonds is 3. The van der Waals surface area contributed by atoms with E-state index in [9.17, 15) is 4.79 Å². The van der Waals surface area contributed by atoms with Crippen LogP contribution in [0.2, 0.25) is 0 Å². The first-order chi connectivity index (χ1) is 6.20. The highest BCUT2D eigenvalue weighted by atomic mass is 32.2. The van der Waals surface area contributed by atoms with E-state index in [-0.39, 0.29) is 17.9 Å². The third-order valence-corrected chi connectivity index (χ3v) is 3.04. The average Bonchev–Trinajstić information content (AvgIpc) is 2.15. The maximum Gasteiger partial charge on any atom is 0.246 e. The zero-order chi connectivity index (χ0) is 9.68. The van der Waals surface area contributed by atoms with E-state index in [4.69, 9.17) is 4.84 Å². The van der Waals surface area contributed by atoms with Gasteiger partial charge in [0.25, 0.3) is 0 Å². The van der Waals surface area contributed by atoms with Gasteiger partial charge < -0.3 is 0 Å². The Kier molecular flexibility index (Phi) is 4.59. The van der Waals surface area contributed by atoms with Crippen LogP contribution in [0.4, 0.5) is 0 Å². The molecule has 0 unspecified atom stereocenters. The van der Waals surface area contributed by atoms with Gasteiger partial charge in [0.1, 0.15) is 0 Å². The van der Waals surface area contributed by atoms with Gasteiger partial charge in [-0.25, -0.2) is 5.48 Å². The lowest BCUT2D eigenvalue weighted by atomic mass is 10.0. The summed E-state index contributed by atoms with van der Waals surface area (Å²) < 4.78 is 0. The fourth-order valence-electron chi connectivity index (χ4n) is 1.22. The standard InChI is InChI=1S/C9H17NO2S/c1-7(2)12-10-9(11)8-3-5-13-6-4-8/h7-8H,3-6H2,1-2H3,(H,10,11). The molecule has 0 atom stereocenters. The van der Waals surface area contributed by atoms with E-state index >= 15 is 0 Å². The summed E-state index contributed by atoms with van der Waals surface area (Å²) in [6.07, 6.45) is 2.03. The summed E-state index contributed by atoms with van der Waals surface area (Å²) in [6.45, 7) is 3.80. The lowest BCUT2D eigenvalue weighted by Gasteiger charge is -2.20. The molecule has 0 aromatic heterocycles. The van der Waals surface area contributed by atoms with Gasteiger partial charge in [0, 0.05) is 5.92 Å². The van der Waals surface area contributed by atoms with Gasteiger partial charge in [-0.15, -0.1) is 0 Å². The topological polar surface area (TPSA) is 38.3 Å². The van der Waals surface area contributed by atoms with Crippen molar-refractivity contribution in [1.29, 1.82) is 0 Å². The number of hydroxylamine groups is 1. The normalized spacial score (nSPS) is 19.0. The van der Waals surface area contributed by atoms with Crippen molar-refractivity contribution in [2.75, 3.05) is 11.5 Å². The predicted octanol–water partition coefficient (Wildman–Crippen LogP) is 1.59. The second kappa shape index (κ2) is 5.50. The second-order valence-electron chi connectivity index (χ2n) is 3.52. The van der Waals surface area contributed by atoms with Crippen molar-refractivity contribution < 1.29 is 9.63 Å². The minimum absolute atomic E-state index is 0.0500. The van der Waals surface area contributed by atoms with Gasteiger partial charge in [-0.2, -0.15) is 11.8 Å². The van der Waals surface area contributed by atoms with Crippen LogP contribution in [0, 0.1) is 5.92 Å². The lowest BCUT2D eigenvalue weighted by Crippen LogP contribution is -2.34. The predicted molar refractivity (Wildman–Crippen MR) is 54.4 cm³/mol. The number of hydrogen-bond donors (Lipinski definition) is 1. The maximum absolute atomic E-state index is 11.5. The van der Waals surface area contributed by atoms with Crippen molar-refractivity contribution in [3.63, 3.8) is 0 Å². The molecule has 1 N–H and O–H groups in total. The Labute approximate surface area is 83.6 Å². The van der Waals surface area contributed by atoms with Gasteiger partial charge in [0.15, 0.2) is 0 Å². The molecule has 76 valence electrons. The molecule has 0 saturated carbocycles. The van der Waals surface area contributed by atoms with Crippen molar-refractivity contribution >= 4 is 17.7 Å². The minimum atomic E-state index is 0.0500. The van der Waals surface area contributed by atoms with Crippen LogP contribution in [0.25, 0.3) is 0 Å². The van der Waals surface area contributed by atoms with E-state index in [1.165, 1.54) is 0 Å². The zero-order valence-electron chi connectivity index (χ0n) is 8.21. The smallest absolute Gasteiger partial charge is 0.246 e. The number of thioether (sulfide) groups is 1. The lowest BCUT2D eigenvalue weighted by molar-refractivity contribution is -0.141. The van der Waals surface area contributed by atoms with Gasteiger partial charge in [-0.1, -0.05) is 0 Å². The Morgan fingerprint density at radius 2 is 2.08 bits per heavy atom. The van der Waals surface area contributed by atoms with E-state index in [1.54, 1.807) is 0 Å². The third-order valence-electron chi connectivity index (χ3n) is 1.99. The monoisotopic (exact) mass is 203 g/mol. The average molecular weight is 203 g/mol. The molecule has 1 aliphatic rings. The van der Waals surface area contributed by atoms with Crippen molar-refractivity contribution in [3.05, 3.63) is 0 Å². The first-order valence-electron chi connectivity index (χ1n) is 4.73. The molecule has 3 nitrogen and oxygen atoms in total. The Bertz CT molecular complexity index is 167. The van der Waals surface area contributed by atoms with Crippen LogP contribution in [-0.4, -0.2) is 23.5 Å². The molecule has 0 aromatic carbocycles. The Hall–Kier alpha value is -0.220. The largest absolute Gasteiger partial charge is 0.272 e. The van der Waals surface area contributed by atoms with Crippen molar-refractivity contribution in [2.45, 2.75) is 32.8 Å². The molecule has 0 spiro atoms. The summed E-state index contributed by atoms with van der Waals surface area (Å²) in [5, 5.41) is 0. The number of amides is 1. The third kappa shape index (κ3) is 4.00. The van der Waals surface area contributed by atoms with Gasteiger partial charge >= 0.3 is 0 Å². The van der Waals surface area contributed by atoms with Gasteiger partial charge in [0.2, 0.25) is 5.91 Å². The van der Waals surface area contributed by atoms with Crippen LogP contribution in [-0.2, 0) is 9.63 Å². The number of carbonyl (C=O) groups excluding carboxylic acids is 1. The number of hydrogen-bond acceptors (Lipinski definition) is 3. The van der Waals surface area contributed by atoms with Crippen molar-refractivity contribution in [3.8, 4) is 0 Å². The minimum Gasteiger partial charge on any atom is -0.272 e. The summed E-state index contributed by atoms with van der Waals surface area (Å²) in [5.41, 5.74) is 2.50. The van der Waals surface area contributed by atoms with Gasteiger partial charge in [-0.05, 0) is 38.2 Å². The van der Waals surface area contributed by atoms with Crippen molar-refractivity contribution in [2.24, 2.45) is 5.92 Å². The number of carbonyl (C=O) groups is 1. The highest BCUT2D eigenvalue weighted by molar-refractivity contribution is 7.99. The van der Waals surface area contributed by atoms with E-state index in [2.05, 4.69) is 5.48 Å². The van der Waals surface area contributed by atoms with Crippen molar-refractivity contribution in [1.82, 2.24) is 5.48 Å². The molecule has 1 saturated heterocycles. The van der Waals surface area contributed by atoms with Crippen LogP contribution in [0.1, 0.15) is 26.7 Å². The van der Waals surface area contributed by atoms with Crippen LogP contribution >= 0.6 is 11.8 Å². The van der Waals surface area contributed by atoms with E-state index in [1.807, 2.05) is 25.6 Å². The van der Waals surface area contributed by atoms with Crippen LogP contribution < -0.4 is 5.48 Å². The first-order valence-corrected chi connectivity index (χ1v) is 5.89. The summed E-state index contributed by atoms with van der Waals surface area (Å²) in [7, 11) is 0. The highest BCUT2D eigenvalue weighted by Gasteiger charge is 2.21. The number of nitrogens with one attached hydrogen (secondary N) is 1. The molecule has 0 radical (unpaired) electrons. The quantitative estimate of drug-likeness (QED) is 0.708. The molecule has 0 aliphatic carbocycles. The summed E-state index contributed by atoms with van der Waals surface area (Å²) in [6, 6.07) is 0.